The van der Waals surface area contributed by atoms with Gasteiger partial charge in [0.05, 0.1) is 0 Å². The minimum Gasteiger partial charge on any atom is -0.375 e. The molecule has 1 heterocycles. The van der Waals surface area contributed by atoms with Crippen LogP contribution in [0, 0.1) is 10.8 Å². The second-order valence-corrected chi connectivity index (χ2v) is 3.64. The molecule has 2 rings (SSSR count). The Morgan fingerprint density at radius 2 is 1.69 bits per heavy atom. The predicted molar refractivity (Wildman–Crippen MR) is 50.8 cm³/mol. The Kier molecular flexibility index (Phi) is 4.31. The van der Waals surface area contributed by atoms with E-state index in [1.54, 1.807) is 5.70 Å². The molecule has 0 aromatic rings. The molecule has 1 aliphatic carbocycles. The maximum absolute atomic E-state index is 6.00. The second kappa shape index (κ2) is 5.58. The standard InChI is InChI=1S/C10H17N.N2/c1-2-6-10(7-3-1)11-8-4-5-9-11;1-2/h6H,1-5,7-9H2;. The lowest BCUT2D eigenvalue weighted by atomic mass is 10.0. The summed E-state index contributed by atoms with van der Waals surface area (Å²) in [5, 5.41) is 12.0. The Morgan fingerprint density at radius 1 is 1.00 bits per heavy atom. The molecular formula is C10H17N3. The molecule has 1 aliphatic heterocycles. The minimum atomic E-state index is 1.33. The van der Waals surface area contributed by atoms with E-state index in [2.05, 4.69) is 11.0 Å². The summed E-state index contributed by atoms with van der Waals surface area (Å²) in [5.74, 6) is 0. The summed E-state index contributed by atoms with van der Waals surface area (Å²) in [5.41, 5.74) is 1.65. The van der Waals surface area contributed by atoms with Crippen LogP contribution in [0.15, 0.2) is 11.8 Å². The molecule has 3 nitrogen and oxygen atoms in total. The number of hydrogen-bond donors (Lipinski definition) is 0. The van der Waals surface area contributed by atoms with Gasteiger partial charge in [-0.1, -0.05) is 6.08 Å². The van der Waals surface area contributed by atoms with Gasteiger partial charge in [-0.3, -0.25) is 0 Å². The summed E-state index contributed by atoms with van der Waals surface area (Å²) in [6.45, 7) is 2.65. The van der Waals surface area contributed by atoms with Crippen LogP contribution in [0.4, 0.5) is 0 Å². The molecule has 0 aromatic carbocycles. The first-order chi connectivity index (χ1) is 6.47. The van der Waals surface area contributed by atoms with E-state index in [4.69, 9.17) is 10.8 Å². The van der Waals surface area contributed by atoms with E-state index < -0.39 is 0 Å². The number of hydrogen-bond acceptors (Lipinski definition) is 3. The highest BCUT2D eigenvalue weighted by molar-refractivity contribution is 5.05. The zero-order valence-electron chi connectivity index (χ0n) is 8.08. The molecule has 0 aromatic heterocycles. The lowest BCUT2D eigenvalue weighted by molar-refractivity contribution is 0.392. The number of rotatable bonds is 1. The fraction of sp³-hybridized carbons (Fsp3) is 0.800. The van der Waals surface area contributed by atoms with Crippen LogP contribution in [0.1, 0.15) is 38.5 Å². The fourth-order valence-electron chi connectivity index (χ4n) is 2.11. The SMILES string of the molecule is C1=C(N2CCCC2)CCCC1.N#N. The molecule has 0 bridgehead atoms. The van der Waals surface area contributed by atoms with Crippen molar-refractivity contribution in [2.24, 2.45) is 0 Å². The Bertz CT molecular complexity index is 190. The van der Waals surface area contributed by atoms with E-state index in [0.29, 0.717) is 0 Å². The highest BCUT2D eigenvalue weighted by Gasteiger charge is 2.15. The summed E-state index contributed by atoms with van der Waals surface area (Å²) in [6.07, 6.45) is 10.8. The molecular weight excluding hydrogens is 162 g/mol. The third kappa shape index (κ3) is 2.73. The third-order valence-electron chi connectivity index (χ3n) is 2.78. The van der Waals surface area contributed by atoms with Crippen LogP contribution >= 0.6 is 0 Å². The van der Waals surface area contributed by atoms with Crippen LogP contribution < -0.4 is 0 Å². The first-order valence-electron chi connectivity index (χ1n) is 5.11. The molecule has 0 spiro atoms. The van der Waals surface area contributed by atoms with Gasteiger partial charge in [-0.25, -0.2) is 0 Å². The maximum Gasteiger partial charge on any atom is 0.0175 e. The van der Waals surface area contributed by atoms with Gasteiger partial charge in [-0.05, 0) is 38.5 Å². The van der Waals surface area contributed by atoms with E-state index >= 15 is 0 Å². The van der Waals surface area contributed by atoms with E-state index in [9.17, 15) is 0 Å². The van der Waals surface area contributed by atoms with Crippen molar-refractivity contribution in [2.75, 3.05) is 13.1 Å². The lowest BCUT2D eigenvalue weighted by Crippen LogP contribution is -2.19. The van der Waals surface area contributed by atoms with Crippen LogP contribution in [0.25, 0.3) is 0 Å². The van der Waals surface area contributed by atoms with Crippen LogP contribution in [0.5, 0.6) is 0 Å². The summed E-state index contributed by atoms with van der Waals surface area (Å²) in [7, 11) is 0. The molecule has 2 aliphatic rings. The molecule has 0 atom stereocenters. The van der Waals surface area contributed by atoms with Gasteiger partial charge in [0.15, 0.2) is 0 Å². The van der Waals surface area contributed by atoms with Crippen molar-refractivity contribution in [2.45, 2.75) is 38.5 Å². The molecule has 0 unspecified atom stereocenters. The van der Waals surface area contributed by atoms with Crippen LogP contribution in [0.2, 0.25) is 0 Å². The predicted octanol–water partition coefficient (Wildman–Crippen LogP) is 2.57. The van der Waals surface area contributed by atoms with E-state index in [-0.39, 0.29) is 0 Å². The maximum atomic E-state index is 6.00. The topological polar surface area (TPSA) is 50.8 Å². The zero-order chi connectivity index (χ0) is 9.52. The normalized spacial score (nSPS) is 21.7. The number of nitrogens with zero attached hydrogens (tertiary/aromatic N) is 3. The van der Waals surface area contributed by atoms with Crippen molar-refractivity contribution in [3.8, 4) is 0 Å². The quantitative estimate of drug-likeness (QED) is 0.581. The van der Waals surface area contributed by atoms with Crippen LogP contribution in [-0.4, -0.2) is 18.0 Å². The summed E-state index contributed by atoms with van der Waals surface area (Å²) >= 11 is 0. The van der Waals surface area contributed by atoms with E-state index in [1.807, 2.05) is 0 Å². The molecule has 0 N–H and O–H groups in total. The largest absolute Gasteiger partial charge is 0.375 e. The highest BCUT2D eigenvalue weighted by Crippen LogP contribution is 2.23. The number of allylic oxidation sites excluding steroid dienone is 2. The molecule has 0 saturated carbocycles. The third-order valence-corrected chi connectivity index (χ3v) is 2.78. The number of likely N-dealkylation sites (tertiary alicyclic amines) is 1. The van der Waals surface area contributed by atoms with Gasteiger partial charge < -0.3 is 4.90 Å². The highest BCUT2D eigenvalue weighted by atomic mass is 15.1. The van der Waals surface area contributed by atoms with Gasteiger partial charge in [0.2, 0.25) is 0 Å². The van der Waals surface area contributed by atoms with Crippen LogP contribution in [-0.2, 0) is 0 Å². The average molecular weight is 179 g/mol. The molecule has 0 radical (unpaired) electrons. The van der Waals surface area contributed by atoms with Gasteiger partial charge in [0.1, 0.15) is 0 Å². The lowest BCUT2D eigenvalue weighted by Gasteiger charge is -2.24. The smallest absolute Gasteiger partial charge is 0.0175 e. The molecule has 13 heavy (non-hydrogen) atoms. The van der Waals surface area contributed by atoms with Crippen molar-refractivity contribution in [3.63, 3.8) is 0 Å². The first kappa shape index (κ1) is 10.0. The van der Waals surface area contributed by atoms with E-state index in [0.717, 1.165) is 0 Å². The molecule has 1 fully saturated rings. The minimum absolute atomic E-state index is 1.33. The molecule has 3 heteroatoms. The fourth-order valence-corrected chi connectivity index (χ4v) is 2.11. The molecule has 72 valence electrons. The van der Waals surface area contributed by atoms with Gasteiger partial charge in [-0.15, -0.1) is 0 Å². The Hall–Kier alpha value is -1.04. The van der Waals surface area contributed by atoms with Gasteiger partial charge >= 0.3 is 0 Å². The Labute approximate surface area is 79.8 Å². The van der Waals surface area contributed by atoms with Gasteiger partial charge in [0.25, 0.3) is 0 Å². The van der Waals surface area contributed by atoms with Crippen LogP contribution in [0.3, 0.4) is 0 Å². The van der Waals surface area contributed by atoms with Crippen molar-refractivity contribution in [1.29, 1.82) is 10.8 Å². The molecule has 1 saturated heterocycles. The first-order valence-corrected chi connectivity index (χ1v) is 5.11. The average Bonchev–Trinajstić information content (AvgIpc) is 2.75. The van der Waals surface area contributed by atoms with Crippen molar-refractivity contribution in [1.82, 2.24) is 4.90 Å². The molecule has 0 amide bonds. The summed E-state index contributed by atoms with van der Waals surface area (Å²) < 4.78 is 0. The summed E-state index contributed by atoms with van der Waals surface area (Å²) in [6, 6.07) is 0. The monoisotopic (exact) mass is 179 g/mol. The van der Waals surface area contributed by atoms with Gasteiger partial charge in [-0.2, -0.15) is 0 Å². The summed E-state index contributed by atoms with van der Waals surface area (Å²) in [4.78, 5) is 2.58. The van der Waals surface area contributed by atoms with Crippen molar-refractivity contribution < 1.29 is 0 Å². The second-order valence-electron chi connectivity index (χ2n) is 3.64. The van der Waals surface area contributed by atoms with Crippen molar-refractivity contribution >= 4 is 0 Å². The Morgan fingerprint density at radius 3 is 2.23 bits per heavy atom. The van der Waals surface area contributed by atoms with E-state index in [1.165, 1.54) is 51.6 Å². The van der Waals surface area contributed by atoms with Gasteiger partial charge in [0, 0.05) is 29.6 Å². The van der Waals surface area contributed by atoms with Crippen molar-refractivity contribution in [3.05, 3.63) is 11.8 Å². The zero-order valence-corrected chi connectivity index (χ0v) is 8.08. The Balaban J connectivity index is 0.000000396.